The van der Waals surface area contributed by atoms with E-state index < -0.39 is 0 Å². The second-order valence-corrected chi connectivity index (χ2v) is 5.88. The molecule has 0 aliphatic carbocycles. The number of hydrogen-bond acceptors (Lipinski definition) is 5. The molecule has 0 saturated heterocycles. The van der Waals surface area contributed by atoms with E-state index in [0.29, 0.717) is 29.3 Å². The Morgan fingerprint density at radius 3 is 2.70 bits per heavy atom. The van der Waals surface area contributed by atoms with Crippen LogP contribution < -0.4 is 4.74 Å². The zero-order chi connectivity index (χ0) is 17.0. The van der Waals surface area contributed by atoms with E-state index in [9.17, 15) is 4.79 Å². The van der Waals surface area contributed by atoms with Gasteiger partial charge < -0.3 is 9.64 Å². The van der Waals surface area contributed by atoms with Crippen molar-refractivity contribution in [2.24, 2.45) is 7.05 Å². The Bertz CT molecular complexity index is 686. The van der Waals surface area contributed by atoms with Crippen molar-refractivity contribution < 1.29 is 9.53 Å². The maximum atomic E-state index is 12.8. The molecule has 0 fully saturated rings. The molecule has 1 heterocycles. The zero-order valence-electron chi connectivity index (χ0n) is 13.7. The summed E-state index contributed by atoms with van der Waals surface area (Å²) in [4.78, 5) is 14.6. The molecule has 124 valence electrons. The molecule has 2 rings (SSSR count). The number of aromatic nitrogens is 4. The predicted molar refractivity (Wildman–Crippen MR) is 86.7 cm³/mol. The number of ether oxygens (including phenoxy) is 1. The number of halogens is 1. The molecule has 0 radical (unpaired) electrons. The standard InChI is InChI=1S/C15H20ClN5O2/c1-10(2)21(6-5-14-17-18-19-20(14)3)15(22)11-7-12(16)9-13(8-11)23-4/h7-10H,5-6H2,1-4H3. The number of hydrogen-bond donors (Lipinski definition) is 0. The molecule has 2 aromatic rings. The molecule has 0 saturated carbocycles. The summed E-state index contributed by atoms with van der Waals surface area (Å²) in [7, 11) is 3.32. The van der Waals surface area contributed by atoms with Gasteiger partial charge in [0.25, 0.3) is 5.91 Å². The normalized spacial score (nSPS) is 10.9. The maximum Gasteiger partial charge on any atom is 0.254 e. The summed E-state index contributed by atoms with van der Waals surface area (Å²) in [5, 5.41) is 11.8. The Morgan fingerprint density at radius 2 is 2.13 bits per heavy atom. The summed E-state index contributed by atoms with van der Waals surface area (Å²) in [5.41, 5.74) is 0.499. The first kappa shape index (κ1) is 17.2. The van der Waals surface area contributed by atoms with Gasteiger partial charge in [-0.1, -0.05) is 11.6 Å². The van der Waals surface area contributed by atoms with Crippen molar-refractivity contribution in [3.63, 3.8) is 0 Å². The van der Waals surface area contributed by atoms with E-state index in [2.05, 4.69) is 15.5 Å². The minimum atomic E-state index is -0.101. The highest BCUT2D eigenvalue weighted by molar-refractivity contribution is 6.31. The van der Waals surface area contributed by atoms with Crippen molar-refractivity contribution in [1.29, 1.82) is 0 Å². The Morgan fingerprint density at radius 1 is 1.39 bits per heavy atom. The van der Waals surface area contributed by atoms with Gasteiger partial charge in [0.05, 0.1) is 7.11 Å². The van der Waals surface area contributed by atoms with Crippen LogP contribution in [0.15, 0.2) is 18.2 Å². The molecule has 0 unspecified atom stereocenters. The van der Waals surface area contributed by atoms with E-state index in [1.54, 1.807) is 41.9 Å². The molecule has 1 amide bonds. The highest BCUT2D eigenvalue weighted by Gasteiger charge is 2.20. The molecule has 7 nitrogen and oxygen atoms in total. The smallest absolute Gasteiger partial charge is 0.254 e. The predicted octanol–water partition coefficient (Wildman–Crippen LogP) is 1.97. The van der Waals surface area contributed by atoms with Crippen molar-refractivity contribution in [2.45, 2.75) is 26.3 Å². The van der Waals surface area contributed by atoms with Crippen LogP contribution in [0.3, 0.4) is 0 Å². The van der Waals surface area contributed by atoms with Gasteiger partial charge >= 0.3 is 0 Å². The van der Waals surface area contributed by atoms with E-state index in [4.69, 9.17) is 16.3 Å². The fourth-order valence-electron chi connectivity index (χ4n) is 2.24. The van der Waals surface area contributed by atoms with Gasteiger partial charge in [-0.15, -0.1) is 5.10 Å². The minimum absolute atomic E-state index is 0.0358. The number of carbonyl (C=O) groups is 1. The van der Waals surface area contributed by atoms with E-state index in [0.717, 1.165) is 5.82 Å². The van der Waals surface area contributed by atoms with Crippen molar-refractivity contribution in [2.75, 3.05) is 13.7 Å². The fourth-order valence-corrected chi connectivity index (χ4v) is 2.47. The lowest BCUT2D eigenvalue weighted by molar-refractivity contribution is 0.0706. The number of aryl methyl sites for hydroxylation is 1. The van der Waals surface area contributed by atoms with Gasteiger partial charge in [0.15, 0.2) is 5.82 Å². The van der Waals surface area contributed by atoms with Crippen LogP contribution in [0.4, 0.5) is 0 Å². The first-order chi connectivity index (χ1) is 10.9. The van der Waals surface area contributed by atoms with Crippen molar-refractivity contribution in [1.82, 2.24) is 25.1 Å². The van der Waals surface area contributed by atoms with Crippen LogP contribution in [0.25, 0.3) is 0 Å². The summed E-state index contributed by atoms with van der Waals surface area (Å²) in [5.74, 6) is 1.19. The number of amides is 1. The summed E-state index contributed by atoms with van der Waals surface area (Å²) >= 11 is 6.06. The lowest BCUT2D eigenvalue weighted by Crippen LogP contribution is -2.38. The summed E-state index contributed by atoms with van der Waals surface area (Å²) < 4.78 is 6.78. The molecule has 8 heteroatoms. The highest BCUT2D eigenvalue weighted by atomic mass is 35.5. The maximum absolute atomic E-state index is 12.8. The van der Waals surface area contributed by atoms with Crippen molar-refractivity contribution in [3.05, 3.63) is 34.6 Å². The number of rotatable bonds is 6. The molecule has 0 aliphatic heterocycles. The summed E-state index contributed by atoms with van der Waals surface area (Å²) in [6.45, 7) is 4.45. The van der Waals surface area contributed by atoms with E-state index in [-0.39, 0.29) is 11.9 Å². The van der Waals surface area contributed by atoms with Crippen LogP contribution in [0.5, 0.6) is 5.75 Å². The van der Waals surface area contributed by atoms with Crippen LogP contribution in [-0.4, -0.2) is 50.7 Å². The molecule has 0 spiro atoms. The molecule has 0 atom stereocenters. The van der Waals surface area contributed by atoms with Crippen molar-refractivity contribution in [3.8, 4) is 5.75 Å². The average Bonchev–Trinajstić information content (AvgIpc) is 2.91. The SMILES string of the molecule is COc1cc(Cl)cc(C(=O)N(CCc2nnnn2C)C(C)C)c1. The van der Waals surface area contributed by atoms with Gasteiger partial charge in [-0.05, 0) is 42.5 Å². The van der Waals surface area contributed by atoms with Gasteiger partial charge in [0.1, 0.15) is 5.75 Å². The van der Waals surface area contributed by atoms with Gasteiger partial charge in [-0.25, -0.2) is 4.68 Å². The first-order valence-corrected chi connectivity index (χ1v) is 7.67. The van der Waals surface area contributed by atoms with Crippen LogP contribution >= 0.6 is 11.6 Å². The molecule has 1 aromatic carbocycles. The number of benzene rings is 1. The largest absolute Gasteiger partial charge is 0.497 e. The molecule has 23 heavy (non-hydrogen) atoms. The Balaban J connectivity index is 2.18. The Kier molecular flexibility index (Phi) is 5.54. The average molecular weight is 338 g/mol. The van der Waals surface area contributed by atoms with Crippen LogP contribution in [0.2, 0.25) is 5.02 Å². The molecular formula is C15H20ClN5O2. The number of tetrazole rings is 1. The number of carbonyl (C=O) groups excluding carboxylic acids is 1. The molecular weight excluding hydrogens is 318 g/mol. The van der Waals surface area contributed by atoms with Gasteiger partial charge in [0.2, 0.25) is 0 Å². The van der Waals surface area contributed by atoms with E-state index in [1.807, 2.05) is 13.8 Å². The lowest BCUT2D eigenvalue weighted by Gasteiger charge is -2.27. The third-order valence-electron chi connectivity index (χ3n) is 3.52. The number of methoxy groups -OCH3 is 1. The lowest BCUT2D eigenvalue weighted by atomic mass is 10.1. The van der Waals surface area contributed by atoms with Crippen LogP contribution in [-0.2, 0) is 13.5 Å². The summed E-state index contributed by atoms with van der Waals surface area (Å²) in [6, 6.07) is 5.04. The second-order valence-electron chi connectivity index (χ2n) is 5.44. The monoisotopic (exact) mass is 337 g/mol. The quantitative estimate of drug-likeness (QED) is 0.805. The second kappa shape index (κ2) is 7.41. The molecule has 1 aromatic heterocycles. The highest BCUT2D eigenvalue weighted by Crippen LogP contribution is 2.22. The first-order valence-electron chi connectivity index (χ1n) is 7.29. The van der Waals surface area contributed by atoms with Crippen LogP contribution in [0.1, 0.15) is 30.0 Å². The number of nitrogens with zero attached hydrogens (tertiary/aromatic N) is 5. The molecule has 0 aliphatic rings. The zero-order valence-corrected chi connectivity index (χ0v) is 14.4. The minimum Gasteiger partial charge on any atom is -0.497 e. The van der Waals surface area contributed by atoms with Crippen LogP contribution in [0, 0.1) is 0 Å². The van der Waals surface area contributed by atoms with Gasteiger partial charge in [-0.2, -0.15) is 0 Å². The molecule has 0 bridgehead atoms. The Hall–Kier alpha value is -2.15. The topological polar surface area (TPSA) is 73.1 Å². The third kappa shape index (κ3) is 4.19. The summed E-state index contributed by atoms with van der Waals surface area (Å²) in [6.07, 6.45) is 0.575. The Labute approximate surface area is 140 Å². The fraction of sp³-hybridized carbons (Fsp3) is 0.467. The van der Waals surface area contributed by atoms with Gasteiger partial charge in [0, 0.05) is 36.6 Å². The van der Waals surface area contributed by atoms with Gasteiger partial charge in [-0.3, -0.25) is 4.79 Å². The van der Waals surface area contributed by atoms with E-state index in [1.165, 1.54) is 0 Å². The molecule has 0 N–H and O–H groups in total. The van der Waals surface area contributed by atoms with E-state index >= 15 is 0 Å². The third-order valence-corrected chi connectivity index (χ3v) is 3.74. The van der Waals surface area contributed by atoms with Crippen molar-refractivity contribution >= 4 is 17.5 Å².